The van der Waals surface area contributed by atoms with Gasteiger partial charge in [0.2, 0.25) is 5.76 Å². The number of fused-ring (bicyclic) bond motifs is 2. The van der Waals surface area contributed by atoms with E-state index in [1.165, 1.54) is 18.1 Å². The molecule has 0 bridgehead atoms. The van der Waals surface area contributed by atoms with Crippen LogP contribution in [0.25, 0.3) is 11.0 Å². The standard InChI is InChI=1S/C27H23ClN2O7S/c1-5-35-18-9-7-14(11-19(18)34-4)21-20-22(31)16-12-15(28)8-10-17(16)37-23(20)25(32)30(21)27-29-13(3)24(38-27)26(33)36-6-2/h7-12,21H,5-6H2,1-4H3. The van der Waals surface area contributed by atoms with Crippen LogP contribution in [0.15, 0.2) is 45.6 Å². The van der Waals surface area contributed by atoms with Crippen LogP contribution in [0, 0.1) is 6.92 Å². The molecule has 0 radical (unpaired) electrons. The van der Waals surface area contributed by atoms with Crippen molar-refractivity contribution < 1.29 is 28.2 Å². The number of aryl methyl sites for hydroxylation is 1. The molecule has 1 aliphatic rings. The first kappa shape index (κ1) is 25.7. The zero-order valence-electron chi connectivity index (χ0n) is 21.0. The van der Waals surface area contributed by atoms with E-state index < -0.39 is 23.3 Å². The van der Waals surface area contributed by atoms with Gasteiger partial charge in [0, 0.05) is 5.02 Å². The number of esters is 1. The summed E-state index contributed by atoms with van der Waals surface area (Å²) in [6.45, 7) is 5.85. The van der Waals surface area contributed by atoms with E-state index in [2.05, 4.69) is 4.98 Å². The van der Waals surface area contributed by atoms with Gasteiger partial charge in [0.15, 0.2) is 22.1 Å². The van der Waals surface area contributed by atoms with Crippen LogP contribution in [0.5, 0.6) is 11.5 Å². The van der Waals surface area contributed by atoms with Crippen molar-refractivity contribution in [2.24, 2.45) is 0 Å². The normalized spacial score (nSPS) is 14.6. The number of anilines is 1. The summed E-state index contributed by atoms with van der Waals surface area (Å²) in [6.07, 6.45) is 0. The Morgan fingerprint density at radius 1 is 1.13 bits per heavy atom. The number of rotatable bonds is 7. The molecule has 5 rings (SSSR count). The van der Waals surface area contributed by atoms with Gasteiger partial charge in [-0.15, -0.1) is 0 Å². The molecule has 196 valence electrons. The summed E-state index contributed by atoms with van der Waals surface area (Å²) >= 11 is 7.18. The molecule has 1 aliphatic heterocycles. The minimum Gasteiger partial charge on any atom is -0.493 e. The van der Waals surface area contributed by atoms with Crippen molar-refractivity contribution >= 4 is 50.9 Å². The van der Waals surface area contributed by atoms with Gasteiger partial charge >= 0.3 is 5.97 Å². The zero-order valence-corrected chi connectivity index (χ0v) is 22.6. The molecule has 0 saturated heterocycles. The number of ether oxygens (including phenoxy) is 3. The molecule has 1 atom stereocenters. The monoisotopic (exact) mass is 554 g/mol. The Morgan fingerprint density at radius 2 is 1.92 bits per heavy atom. The molecule has 38 heavy (non-hydrogen) atoms. The van der Waals surface area contributed by atoms with Gasteiger partial charge in [-0.3, -0.25) is 14.5 Å². The average Bonchev–Trinajstić information content (AvgIpc) is 3.42. The van der Waals surface area contributed by atoms with Gasteiger partial charge < -0.3 is 18.6 Å². The maximum Gasteiger partial charge on any atom is 0.350 e. The fourth-order valence-electron chi connectivity index (χ4n) is 4.46. The highest BCUT2D eigenvalue weighted by Gasteiger charge is 2.45. The van der Waals surface area contributed by atoms with Crippen molar-refractivity contribution in [2.45, 2.75) is 26.8 Å². The summed E-state index contributed by atoms with van der Waals surface area (Å²) in [7, 11) is 1.51. The Hall–Kier alpha value is -3.89. The highest BCUT2D eigenvalue weighted by molar-refractivity contribution is 7.17. The Bertz CT molecular complexity index is 1640. The lowest BCUT2D eigenvalue weighted by atomic mass is 9.98. The maximum atomic E-state index is 13.8. The molecule has 0 spiro atoms. The summed E-state index contributed by atoms with van der Waals surface area (Å²) < 4.78 is 22.3. The topological polar surface area (TPSA) is 108 Å². The van der Waals surface area contributed by atoms with Gasteiger partial charge in [0.05, 0.1) is 43.0 Å². The Balaban J connectivity index is 1.76. The van der Waals surface area contributed by atoms with E-state index in [-0.39, 0.29) is 38.9 Å². The van der Waals surface area contributed by atoms with E-state index in [4.69, 9.17) is 30.2 Å². The molecular weight excluding hydrogens is 532 g/mol. The van der Waals surface area contributed by atoms with Crippen LogP contribution in [0.3, 0.4) is 0 Å². The van der Waals surface area contributed by atoms with Gasteiger partial charge in [-0.25, -0.2) is 9.78 Å². The van der Waals surface area contributed by atoms with Crippen molar-refractivity contribution in [1.29, 1.82) is 0 Å². The second-order valence-corrected chi connectivity index (χ2v) is 9.78. The predicted molar refractivity (Wildman–Crippen MR) is 143 cm³/mol. The fraction of sp³-hybridized carbons (Fsp3) is 0.259. The second-order valence-electron chi connectivity index (χ2n) is 8.37. The van der Waals surface area contributed by atoms with Gasteiger partial charge in [-0.2, -0.15) is 0 Å². The van der Waals surface area contributed by atoms with E-state index in [1.54, 1.807) is 44.2 Å². The van der Waals surface area contributed by atoms with Crippen LogP contribution < -0.4 is 19.8 Å². The molecular formula is C27H23ClN2O7S. The first-order valence-corrected chi connectivity index (χ1v) is 13.0. The number of methoxy groups -OCH3 is 1. The van der Waals surface area contributed by atoms with E-state index in [9.17, 15) is 14.4 Å². The molecule has 4 aromatic rings. The third kappa shape index (κ3) is 4.19. The number of amides is 1. The highest BCUT2D eigenvalue weighted by Crippen LogP contribution is 2.45. The number of hydrogen-bond donors (Lipinski definition) is 0. The van der Waals surface area contributed by atoms with E-state index >= 15 is 0 Å². The van der Waals surface area contributed by atoms with Crippen molar-refractivity contribution in [3.05, 3.63) is 79.1 Å². The predicted octanol–water partition coefficient (Wildman–Crippen LogP) is 5.55. The lowest BCUT2D eigenvalue weighted by Crippen LogP contribution is -2.29. The number of nitrogens with zero attached hydrogens (tertiary/aromatic N) is 2. The van der Waals surface area contributed by atoms with Crippen molar-refractivity contribution in [3.8, 4) is 11.5 Å². The summed E-state index contributed by atoms with van der Waals surface area (Å²) in [4.78, 5) is 46.3. The van der Waals surface area contributed by atoms with Gasteiger partial charge in [0.25, 0.3) is 5.91 Å². The smallest absolute Gasteiger partial charge is 0.350 e. The molecule has 1 unspecified atom stereocenters. The zero-order chi connectivity index (χ0) is 27.1. The van der Waals surface area contributed by atoms with Crippen LogP contribution in [0.2, 0.25) is 5.02 Å². The molecule has 9 nitrogen and oxygen atoms in total. The number of thiazole rings is 1. The lowest BCUT2D eigenvalue weighted by molar-refractivity contribution is 0.0531. The Kier molecular flexibility index (Phi) is 6.85. The molecule has 0 N–H and O–H groups in total. The van der Waals surface area contributed by atoms with Crippen LogP contribution in [-0.4, -0.2) is 37.2 Å². The minimum atomic E-state index is -0.915. The van der Waals surface area contributed by atoms with E-state index in [0.29, 0.717) is 34.4 Å². The number of benzene rings is 2. The molecule has 0 saturated carbocycles. The molecule has 3 heterocycles. The summed E-state index contributed by atoms with van der Waals surface area (Å²) in [6, 6.07) is 8.91. The van der Waals surface area contributed by atoms with Crippen LogP contribution in [0.4, 0.5) is 5.13 Å². The van der Waals surface area contributed by atoms with Crippen molar-refractivity contribution in [3.63, 3.8) is 0 Å². The average molecular weight is 555 g/mol. The molecule has 2 aromatic carbocycles. The number of aromatic nitrogens is 1. The van der Waals surface area contributed by atoms with E-state index in [1.807, 2.05) is 6.92 Å². The van der Waals surface area contributed by atoms with Crippen LogP contribution in [0.1, 0.15) is 56.9 Å². The van der Waals surface area contributed by atoms with E-state index in [0.717, 1.165) is 11.3 Å². The van der Waals surface area contributed by atoms with Gasteiger partial charge in [-0.05, 0) is 56.7 Å². The molecule has 11 heteroatoms. The molecule has 1 amide bonds. The lowest BCUT2D eigenvalue weighted by Gasteiger charge is -2.23. The number of carbonyl (C=O) groups is 2. The number of carbonyl (C=O) groups excluding carboxylic acids is 2. The Morgan fingerprint density at radius 3 is 2.63 bits per heavy atom. The molecule has 0 aliphatic carbocycles. The Labute approximate surface area is 226 Å². The SMILES string of the molecule is CCOC(=O)c1sc(N2C(=O)c3oc4ccc(Cl)cc4c(=O)c3C2c2ccc(OCC)c(OC)c2)nc1C. The maximum absolute atomic E-state index is 13.8. The third-order valence-electron chi connectivity index (χ3n) is 6.09. The fourth-order valence-corrected chi connectivity index (χ4v) is 5.62. The number of halogens is 1. The summed E-state index contributed by atoms with van der Waals surface area (Å²) in [5.41, 5.74) is 0.958. The van der Waals surface area contributed by atoms with Crippen LogP contribution >= 0.6 is 22.9 Å². The third-order valence-corrected chi connectivity index (χ3v) is 7.46. The second kappa shape index (κ2) is 10.1. The summed E-state index contributed by atoms with van der Waals surface area (Å²) in [5.74, 6) is -0.251. The van der Waals surface area contributed by atoms with Gasteiger partial charge in [-0.1, -0.05) is 29.0 Å². The number of hydrogen-bond acceptors (Lipinski definition) is 9. The molecule has 2 aromatic heterocycles. The quantitative estimate of drug-likeness (QED) is 0.274. The molecule has 0 fully saturated rings. The highest BCUT2D eigenvalue weighted by atomic mass is 35.5. The van der Waals surface area contributed by atoms with Crippen molar-refractivity contribution in [1.82, 2.24) is 4.98 Å². The van der Waals surface area contributed by atoms with Crippen LogP contribution in [-0.2, 0) is 4.74 Å². The first-order chi connectivity index (χ1) is 18.3. The minimum absolute atomic E-state index is 0.104. The van der Waals surface area contributed by atoms with Gasteiger partial charge in [0.1, 0.15) is 10.5 Å². The van der Waals surface area contributed by atoms with Crippen molar-refractivity contribution in [2.75, 3.05) is 25.2 Å². The largest absolute Gasteiger partial charge is 0.493 e. The first-order valence-electron chi connectivity index (χ1n) is 11.8. The summed E-state index contributed by atoms with van der Waals surface area (Å²) in [5, 5.41) is 0.831.